The highest BCUT2D eigenvalue weighted by atomic mass is 16.5. The van der Waals surface area contributed by atoms with Crippen LogP contribution >= 0.6 is 0 Å². The summed E-state index contributed by atoms with van der Waals surface area (Å²) in [7, 11) is 0. The minimum atomic E-state index is 0.830. The zero-order chi connectivity index (χ0) is 9.23. The Bertz CT molecular complexity index is 81.1. The summed E-state index contributed by atoms with van der Waals surface area (Å²) in [5.41, 5.74) is 0. The summed E-state index contributed by atoms with van der Waals surface area (Å²) in [5, 5.41) is 0. The van der Waals surface area contributed by atoms with E-state index in [4.69, 9.17) is 4.74 Å². The fraction of sp³-hybridized carbons (Fsp3) is 1.00. The molecule has 0 aliphatic rings. The minimum Gasteiger partial charge on any atom is -0.381 e. The summed E-state index contributed by atoms with van der Waals surface area (Å²) in [5.74, 6) is 0.830. The molecule has 1 atom stereocenters. The van der Waals surface area contributed by atoms with Gasteiger partial charge in [-0.05, 0) is 18.8 Å². The van der Waals surface area contributed by atoms with Crippen molar-refractivity contribution in [2.75, 3.05) is 13.2 Å². The minimum absolute atomic E-state index is 0.830. The molecule has 0 fully saturated rings. The lowest BCUT2D eigenvalue weighted by Crippen LogP contribution is -2.02. The standard InChI is InChI=1S/C11H24O/c1-4-6-7-9-12-10-8-11(3)5-2/h11H,4-10H2,1-3H3. The van der Waals surface area contributed by atoms with E-state index in [9.17, 15) is 0 Å². The van der Waals surface area contributed by atoms with Crippen molar-refractivity contribution in [3.05, 3.63) is 0 Å². The smallest absolute Gasteiger partial charge is 0.0468 e. The molecule has 1 heteroatoms. The van der Waals surface area contributed by atoms with Gasteiger partial charge in [0.1, 0.15) is 0 Å². The maximum absolute atomic E-state index is 5.51. The van der Waals surface area contributed by atoms with Crippen LogP contribution in [0.3, 0.4) is 0 Å². The molecule has 0 N–H and O–H groups in total. The maximum atomic E-state index is 5.51. The monoisotopic (exact) mass is 172 g/mol. The van der Waals surface area contributed by atoms with Crippen molar-refractivity contribution >= 4 is 0 Å². The Kier molecular flexibility index (Phi) is 9.02. The molecule has 0 rings (SSSR count). The Morgan fingerprint density at radius 3 is 2.42 bits per heavy atom. The van der Waals surface area contributed by atoms with Crippen LogP contribution in [-0.4, -0.2) is 13.2 Å². The number of hydrogen-bond donors (Lipinski definition) is 0. The SMILES string of the molecule is CCCCCOCCC(C)CC. The molecular weight excluding hydrogens is 148 g/mol. The van der Waals surface area contributed by atoms with Crippen LogP contribution in [0.4, 0.5) is 0 Å². The molecule has 0 saturated carbocycles. The van der Waals surface area contributed by atoms with Crippen molar-refractivity contribution in [3.63, 3.8) is 0 Å². The van der Waals surface area contributed by atoms with E-state index in [0.29, 0.717) is 0 Å². The van der Waals surface area contributed by atoms with Crippen LogP contribution in [-0.2, 0) is 4.74 Å². The van der Waals surface area contributed by atoms with Gasteiger partial charge in [-0.15, -0.1) is 0 Å². The van der Waals surface area contributed by atoms with Gasteiger partial charge >= 0.3 is 0 Å². The van der Waals surface area contributed by atoms with E-state index in [1.807, 2.05) is 0 Å². The molecule has 74 valence electrons. The van der Waals surface area contributed by atoms with Gasteiger partial charge in [-0.2, -0.15) is 0 Å². The van der Waals surface area contributed by atoms with E-state index >= 15 is 0 Å². The molecule has 0 saturated heterocycles. The van der Waals surface area contributed by atoms with Crippen molar-refractivity contribution in [1.82, 2.24) is 0 Å². The molecule has 0 bridgehead atoms. The first-order chi connectivity index (χ1) is 5.81. The molecule has 0 aromatic rings. The number of ether oxygens (including phenoxy) is 1. The highest BCUT2D eigenvalue weighted by Crippen LogP contribution is 2.06. The lowest BCUT2D eigenvalue weighted by Gasteiger charge is -2.08. The molecule has 0 spiro atoms. The predicted molar refractivity (Wildman–Crippen MR) is 54.4 cm³/mol. The highest BCUT2D eigenvalue weighted by Gasteiger charge is 1.97. The molecule has 0 aliphatic heterocycles. The van der Waals surface area contributed by atoms with Crippen LogP contribution in [0.5, 0.6) is 0 Å². The second-order valence-electron chi connectivity index (χ2n) is 3.62. The van der Waals surface area contributed by atoms with E-state index in [-0.39, 0.29) is 0 Å². The van der Waals surface area contributed by atoms with E-state index in [1.165, 1.54) is 32.1 Å². The fourth-order valence-corrected chi connectivity index (χ4v) is 1.04. The van der Waals surface area contributed by atoms with Gasteiger partial charge in [-0.3, -0.25) is 0 Å². The third-order valence-corrected chi connectivity index (χ3v) is 2.34. The number of rotatable bonds is 8. The number of unbranched alkanes of at least 4 members (excludes halogenated alkanes) is 2. The highest BCUT2D eigenvalue weighted by molar-refractivity contribution is 4.48. The summed E-state index contributed by atoms with van der Waals surface area (Å²) in [4.78, 5) is 0. The second-order valence-corrected chi connectivity index (χ2v) is 3.62. The van der Waals surface area contributed by atoms with Crippen molar-refractivity contribution in [2.24, 2.45) is 5.92 Å². The Morgan fingerprint density at radius 2 is 1.83 bits per heavy atom. The Morgan fingerprint density at radius 1 is 1.08 bits per heavy atom. The predicted octanol–water partition coefficient (Wildman–Crippen LogP) is 3.63. The van der Waals surface area contributed by atoms with Crippen LogP contribution in [0, 0.1) is 5.92 Å². The van der Waals surface area contributed by atoms with Crippen molar-refractivity contribution < 1.29 is 4.74 Å². The Hall–Kier alpha value is -0.0400. The summed E-state index contributed by atoms with van der Waals surface area (Å²) in [6.45, 7) is 8.67. The maximum Gasteiger partial charge on any atom is 0.0468 e. The van der Waals surface area contributed by atoms with Crippen LogP contribution < -0.4 is 0 Å². The van der Waals surface area contributed by atoms with Crippen molar-refractivity contribution in [2.45, 2.75) is 52.9 Å². The lowest BCUT2D eigenvalue weighted by molar-refractivity contribution is 0.118. The van der Waals surface area contributed by atoms with Crippen LogP contribution in [0.25, 0.3) is 0 Å². The average Bonchev–Trinajstić information content (AvgIpc) is 2.10. The lowest BCUT2D eigenvalue weighted by atomic mass is 10.1. The molecule has 1 unspecified atom stereocenters. The molecule has 0 amide bonds. The van der Waals surface area contributed by atoms with Gasteiger partial charge in [-0.1, -0.05) is 40.0 Å². The third-order valence-electron chi connectivity index (χ3n) is 2.34. The van der Waals surface area contributed by atoms with Gasteiger partial charge < -0.3 is 4.74 Å². The summed E-state index contributed by atoms with van der Waals surface area (Å²) in [6, 6.07) is 0. The van der Waals surface area contributed by atoms with Crippen molar-refractivity contribution in [1.29, 1.82) is 0 Å². The normalized spacial score (nSPS) is 13.2. The zero-order valence-corrected chi connectivity index (χ0v) is 8.94. The topological polar surface area (TPSA) is 9.23 Å². The van der Waals surface area contributed by atoms with Gasteiger partial charge in [0.25, 0.3) is 0 Å². The quantitative estimate of drug-likeness (QED) is 0.508. The zero-order valence-electron chi connectivity index (χ0n) is 8.94. The molecule has 0 radical (unpaired) electrons. The van der Waals surface area contributed by atoms with E-state index < -0.39 is 0 Å². The largest absolute Gasteiger partial charge is 0.381 e. The molecule has 0 heterocycles. The fourth-order valence-electron chi connectivity index (χ4n) is 1.04. The summed E-state index contributed by atoms with van der Waals surface area (Å²) in [6.07, 6.45) is 6.33. The van der Waals surface area contributed by atoms with Gasteiger partial charge in [0.05, 0.1) is 0 Å². The van der Waals surface area contributed by atoms with Crippen molar-refractivity contribution in [3.8, 4) is 0 Å². The molecule has 1 nitrogen and oxygen atoms in total. The second kappa shape index (κ2) is 9.05. The van der Waals surface area contributed by atoms with Gasteiger partial charge in [0.15, 0.2) is 0 Å². The number of hydrogen-bond acceptors (Lipinski definition) is 1. The third kappa shape index (κ3) is 8.06. The Labute approximate surface area is 77.5 Å². The first kappa shape index (κ1) is 12.0. The average molecular weight is 172 g/mol. The molecule has 12 heavy (non-hydrogen) atoms. The van der Waals surface area contributed by atoms with Gasteiger partial charge in [-0.25, -0.2) is 0 Å². The van der Waals surface area contributed by atoms with Crippen LogP contribution in [0.15, 0.2) is 0 Å². The molecular formula is C11H24O. The first-order valence-corrected chi connectivity index (χ1v) is 5.39. The van der Waals surface area contributed by atoms with Gasteiger partial charge in [0, 0.05) is 13.2 Å². The molecule has 0 aliphatic carbocycles. The molecule has 0 aromatic heterocycles. The van der Waals surface area contributed by atoms with Crippen LogP contribution in [0.1, 0.15) is 52.9 Å². The van der Waals surface area contributed by atoms with E-state index in [0.717, 1.165) is 19.1 Å². The van der Waals surface area contributed by atoms with Gasteiger partial charge in [0.2, 0.25) is 0 Å². The molecule has 0 aromatic carbocycles. The van der Waals surface area contributed by atoms with Crippen LogP contribution in [0.2, 0.25) is 0 Å². The first-order valence-electron chi connectivity index (χ1n) is 5.39. The van der Waals surface area contributed by atoms with E-state index in [1.54, 1.807) is 0 Å². The summed E-state index contributed by atoms with van der Waals surface area (Å²) < 4.78 is 5.51. The summed E-state index contributed by atoms with van der Waals surface area (Å²) >= 11 is 0. The van der Waals surface area contributed by atoms with E-state index in [2.05, 4.69) is 20.8 Å². The Balaban J connectivity index is 2.90.